The van der Waals surface area contributed by atoms with E-state index in [9.17, 15) is 0 Å². The maximum atomic E-state index is 3.60. The Morgan fingerprint density at radius 3 is 2.20 bits per heavy atom. The molecule has 1 nitrogen and oxygen atoms in total. The number of rotatable bonds is 6. The second kappa shape index (κ2) is 7.27. The molecule has 0 unspecified atom stereocenters. The van der Waals surface area contributed by atoms with Gasteiger partial charge in [-0.15, -0.1) is 0 Å². The van der Waals surface area contributed by atoms with Crippen LogP contribution in [-0.4, -0.2) is 13.1 Å². The molecule has 0 bridgehead atoms. The maximum Gasteiger partial charge on any atom is -0.00204 e. The second-order valence-corrected chi connectivity index (χ2v) is 5.73. The van der Waals surface area contributed by atoms with Gasteiger partial charge >= 0.3 is 0 Å². The van der Waals surface area contributed by atoms with Gasteiger partial charge in [-0.1, -0.05) is 46.5 Å². The van der Waals surface area contributed by atoms with E-state index in [4.69, 9.17) is 0 Å². The van der Waals surface area contributed by atoms with Crippen molar-refractivity contribution in [3.63, 3.8) is 0 Å². The highest BCUT2D eigenvalue weighted by Gasteiger charge is 2.19. The average Bonchev–Trinajstić information content (AvgIpc) is 2.20. The summed E-state index contributed by atoms with van der Waals surface area (Å²) in [4.78, 5) is 0. The minimum absolute atomic E-state index is 0.793. The molecule has 90 valence electrons. The normalized spacial score (nSPS) is 27.2. The topological polar surface area (TPSA) is 12.0 Å². The molecule has 1 aliphatic carbocycles. The van der Waals surface area contributed by atoms with Crippen LogP contribution in [0.3, 0.4) is 0 Å². The lowest BCUT2D eigenvalue weighted by atomic mass is 9.80. The first-order valence-electron chi connectivity index (χ1n) is 6.93. The molecule has 0 aromatic rings. The van der Waals surface area contributed by atoms with Crippen molar-refractivity contribution in [2.24, 2.45) is 17.8 Å². The summed E-state index contributed by atoms with van der Waals surface area (Å²) in [6, 6.07) is 0. The van der Waals surface area contributed by atoms with Crippen molar-refractivity contribution >= 4 is 0 Å². The van der Waals surface area contributed by atoms with Gasteiger partial charge < -0.3 is 5.32 Å². The predicted octanol–water partition coefficient (Wildman–Crippen LogP) is 3.84. The van der Waals surface area contributed by atoms with Crippen LogP contribution in [0.1, 0.15) is 59.3 Å². The summed E-state index contributed by atoms with van der Waals surface area (Å²) in [5.74, 6) is 2.81. The average molecular weight is 211 g/mol. The van der Waals surface area contributed by atoms with E-state index in [1.54, 1.807) is 0 Å². The van der Waals surface area contributed by atoms with Gasteiger partial charge in [0, 0.05) is 0 Å². The molecule has 0 aromatic carbocycles. The summed E-state index contributed by atoms with van der Waals surface area (Å²) in [7, 11) is 0. The molecule has 1 heteroatoms. The highest BCUT2D eigenvalue weighted by Crippen LogP contribution is 2.30. The Kier molecular flexibility index (Phi) is 6.31. The van der Waals surface area contributed by atoms with E-state index in [1.165, 1.54) is 51.6 Å². The summed E-state index contributed by atoms with van der Waals surface area (Å²) < 4.78 is 0. The Morgan fingerprint density at radius 1 is 1.07 bits per heavy atom. The van der Waals surface area contributed by atoms with Gasteiger partial charge in [0.1, 0.15) is 0 Å². The SMILES string of the molecule is CCCC1CCC(CNCC(C)C)CC1. The highest BCUT2D eigenvalue weighted by atomic mass is 14.9. The van der Waals surface area contributed by atoms with Gasteiger partial charge in [-0.05, 0) is 43.7 Å². The lowest BCUT2D eigenvalue weighted by molar-refractivity contribution is 0.254. The summed E-state index contributed by atoms with van der Waals surface area (Å²) in [6.07, 6.45) is 8.75. The fraction of sp³-hybridized carbons (Fsp3) is 1.00. The molecule has 1 saturated carbocycles. The lowest BCUT2D eigenvalue weighted by Gasteiger charge is -2.28. The van der Waals surface area contributed by atoms with Crippen molar-refractivity contribution in [1.82, 2.24) is 5.32 Å². The predicted molar refractivity (Wildman–Crippen MR) is 68.1 cm³/mol. The van der Waals surface area contributed by atoms with E-state index in [1.807, 2.05) is 0 Å². The first-order valence-corrected chi connectivity index (χ1v) is 6.93. The van der Waals surface area contributed by atoms with Gasteiger partial charge in [-0.2, -0.15) is 0 Å². The first kappa shape index (κ1) is 13.0. The van der Waals surface area contributed by atoms with E-state index in [-0.39, 0.29) is 0 Å². The van der Waals surface area contributed by atoms with Gasteiger partial charge in [0.05, 0.1) is 0 Å². The van der Waals surface area contributed by atoms with Crippen LogP contribution in [0.2, 0.25) is 0 Å². The Morgan fingerprint density at radius 2 is 1.67 bits per heavy atom. The van der Waals surface area contributed by atoms with Crippen molar-refractivity contribution in [1.29, 1.82) is 0 Å². The third-order valence-corrected chi connectivity index (χ3v) is 3.65. The van der Waals surface area contributed by atoms with Gasteiger partial charge in [-0.3, -0.25) is 0 Å². The third kappa shape index (κ3) is 5.55. The van der Waals surface area contributed by atoms with E-state index in [0.29, 0.717) is 0 Å². The number of nitrogens with one attached hydrogen (secondary N) is 1. The van der Waals surface area contributed by atoms with Gasteiger partial charge in [-0.25, -0.2) is 0 Å². The van der Waals surface area contributed by atoms with Crippen LogP contribution in [-0.2, 0) is 0 Å². The summed E-state index contributed by atoms with van der Waals surface area (Å²) in [5.41, 5.74) is 0. The van der Waals surface area contributed by atoms with E-state index in [2.05, 4.69) is 26.1 Å². The molecular formula is C14H29N. The fourth-order valence-electron chi connectivity index (χ4n) is 2.71. The van der Waals surface area contributed by atoms with Gasteiger partial charge in [0.15, 0.2) is 0 Å². The Bertz CT molecular complexity index is 145. The fourth-order valence-corrected chi connectivity index (χ4v) is 2.71. The van der Waals surface area contributed by atoms with Crippen LogP contribution >= 0.6 is 0 Å². The molecule has 0 aliphatic heterocycles. The molecule has 1 N–H and O–H groups in total. The Hall–Kier alpha value is -0.0400. The number of hydrogen-bond acceptors (Lipinski definition) is 1. The molecule has 1 rings (SSSR count). The zero-order valence-electron chi connectivity index (χ0n) is 10.9. The zero-order chi connectivity index (χ0) is 11.1. The largest absolute Gasteiger partial charge is 0.316 e. The third-order valence-electron chi connectivity index (χ3n) is 3.65. The van der Waals surface area contributed by atoms with Crippen molar-refractivity contribution in [3.8, 4) is 0 Å². The van der Waals surface area contributed by atoms with Gasteiger partial charge in [0.2, 0.25) is 0 Å². The molecule has 15 heavy (non-hydrogen) atoms. The van der Waals surface area contributed by atoms with Crippen molar-refractivity contribution in [2.75, 3.05) is 13.1 Å². The lowest BCUT2D eigenvalue weighted by Crippen LogP contribution is -2.29. The quantitative estimate of drug-likeness (QED) is 0.704. The molecule has 0 heterocycles. The zero-order valence-corrected chi connectivity index (χ0v) is 10.9. The van der Waals surface area contributed by atoms with Gasteiger partial charge in [0.25, 0.3) is 0 Å². The van der Waals surface area contributed by atoms with E-state index in [0.717, 1.165) is 17.8 Å². The minimum Gasteiger partial charge on any atom is -0.316 e. The van der Waals surface area contributed by atoms with Crippen LogP contribution < -0.4 is 5.32 Å². The molecule has 0 amide bonds. The first-order chi connectivity index (χ1) is 7.22. The summed E-state index contributed by atoms with van der Waals surface area (Å²) >= 11 is 0. The molecule has 1 fully saturated rings. The van der Waals surface area contributed by atoms with E-state index >= 15 is 0 Å². The van der Waals surface area contributed by atoms with E-state index < -0.39 is 0 Å². The number of hydrogen-bond donors (Lipinski definition) is 1. The van der Waals surface area contributed by atoms with Crippen LogP contribution in [0.15, 0.2) is 0 Å². The maximum absolute atomic E-state index is 3.60. The standard InChI is InChI=1S/C14H29N/c1-4-5-13-6-8-14(9-7-13)11-15-10-12(2)3/h12-15H,4-11H2,1-3H3. The Balaban J connectivity index is 2.04. The smallest absolute Gasteiger partial charge is 0.00204 e. The van der Waals surface area contributed by atoms with Crippen molar-refractivity contribution in [3.05, 3.63) is 0 Å². The molecular weight excluding hydrogens is 182 g/mol. The highest BCUT2D eigenvalue weighted by molar-refractivity contribution is 4.74. The van der Waals surface area contributed by atoms with Crippen LogP contribution in [0.25, 0.3) is 0 Å². The van der Waals surface area contributed by atoms with Crippen LogP contribution in [0.5, 0.6) is 0 Å². The molecule has 0 atom stereocenters. The van der Waals surface area contributed by atoms with Crippen molar-refractivity contribution in [2.45, 2.75) is 59.3 Å². The molecule has 1 aliphatic rings. The van der Waals surface area contributed by atoms with Crippen LogP contribution in [0, 0.1) is 17.8 Å². The monoisotopic (exact) mass is 211 g/mol. The second-order valence-electron chi connectivity index (χ2n) is 5.73. The molecule has 0 radical (unpaired) electrons. The van der Waals surface area contributed by atoms with Crippen molar-refractivity contribution < 1.29 is 0 Å². The molecule has 0 spiro atoms. The molecule has 0 aromatic heterocycles. The minimum atomic E-state index is 0.793. The van der Waals surface area contributed by atoms with Crippen LogP contribution in [0.4, 0.5) is 0 Å². The summed E-state index contributed by atoms with van der Waals surface area (Å²) in [5, 5.41) is 3.60. The molecule has 0 saturated heterocycles. The summed E-state index contributed by atoms with van der Waals surface area (Å²) in [6.45, 7) is 9.33. The Labute approximate surface area is 96.0 Å².